The van der Waals surface area contributed by atoms with Gasteiger partial charge in [-0.15, -0.1) is 0 Å². The minimum Gasteiger partial charge on any atom is -0.495 e. The molecule has 2 aromatic carbocycles. The van der Waals surface area contributed by atoms with E-state index in [1.807, 2.05) is 24.3 Å². The SMILES string of the molecule is COc1ccccc1N1CCN(/N=C(/C)c2ccc(Br)cc2)CC1. The fourth-order valence-corrected chi connectivity index (χ4v) is 3.15. The minimum atomic E-state index is 0.909. The van der Waals surface area contributed by atoms with Crippen LogP contribution in [0.2, 0.25) is 0 Å². The second-order valence-corrected chi connectivity index (χ2v) is 6.72. The Morgan fingerprint density at radius 2 is 1.67 bits per heavy atom. The smallest absolute Gasteiger partial charge is 0.142 e. The highest BCUT2D eigenvalue weighted by molar-refractivity contribution is 9.10. The molecule has 1 aliphatic heterocycles. The van der Waals surface area contributed by atoms with Crippen LogP contribution < -0.4 is 9.64 Å². The summed E-state index contributed by atoms with van der Waals surface area (Å²) in [5.74, 6) is 0.931. The van der Waals surface area contributed by atoms with E-state index in [4.69, 9.17) is 9.84 Å². The number of anilines is 1. The molecule has 0 atom stereocenters. The molecule has 0 amide bonds. The lowest BCUT2D eigenvalue weighted by molar-refractivity contribution is 0.269. The van der Waals surface area contributed by atoms with E-state index in [0.29, 0.717) is 0 Å². The second kappa shape index (κ2) is 7.71. The molecule has 1 saturated heterocycles. The highest BCUT2D eigenvalue weighted by Crippen LogP contribution is 2.28. The number of nitrogens with zero attached hydrogens (tertiary/aromatic N) is 3. The molecular formula is C19H22BrN3O. The first-order chi connectivity index (χ1) is 11.7. The van der Waals surface area contributed by atoms with Gasteiger partial charge in [-0.1, -0.05) is 40.2 Å². The Hall–Kier alpha value is -2.01. The van der Waals surface area contributed by atoms with Gasteiger partial charge in [0.05, 0.1) is 31.6 Å². The van der Waals surface area contributed by atoms with Gasteiger partial charge in [0.1, 0.15) is 5.75 Å². The lowest BCUT2D eigenvalue weighted by atomic mass is 10.1. The molecule has 0 unspecified atom stereocenters. The van der Waals surface area contributed by atoms with Crippen molar-refractivity contribution in [1.29, 1.82) is 0 Å². The van der Waals surface area contributed by atoms with E-state index in [0.717, 1.165) is 53.4 Å². The molecule has 0 aliphatic carbocycles. The number of hydrazone groups is 1. The molecule has 1 fully saturated rings. The molecule has 0 bridgehead atoms. The lowest BCUT2D eigenvalue weighted by Crippen LogP contribution is -2.44. The van der Waals surface area contributed by atoms with Crippen molar-refractivity contribution < 1.29 is 4.74 Å². The first-order valence-corrected chi connectivity index (χ1v) is 8.91. The van der Waals surface area contributed by atoms with Crippen LogP contribution >= 0.6 is 15.9 Å². The number of hydrogen-bond acceptors (Lipinski definition) is 4. The fraction of sp³-hybridized carbons (Fsp3) is 0.316. The zero-order valence-corrected chi connectivity index (χ0v) is 15.7. The number of hydrogen-bond donors (Lipinski definition) is 0. The zero-order valence-electron chi connectivity index (χ0n) is 14.1. The number of ether oxygens (including phenoxy) is 1. The third kappa shape index (κ3) is 3.90. The van der Waals surface area contributed by atoms with Crippen LogP contribution in [0.5, 0.6) is 5.75 Å². The van der Waals surface area contributed by atoms with Gasteiger partial charge in [0, 0.05) is 17.6 Å². The standard InChI is InChI=1S/C19H22BrN3O/c1-15(16-7-9-17(20)10-8-16)21-23-13-11-22(12-14-23)18-5-3-4-6-19(18)24-2/h3-10H,11-14H2,1-2H3/b21-15-. The molecule has 3 rings (SSSR count). The highest BCUT2D eigenvalue weighted by atomic mass is 79.9. The summed E-state index contributed by atoms with van der Waals surface area (Å²) in [6.45, 7) is 5.77. The van der Waals surface area contributed by atoms with Gasteiger partial charge >= 0.3 is 0 Å². The van der Waals surface area contributed by atoms with Gasteiger partial charge in [0.2, 0.25) is 0 Å². The first-order valence-electron chi connectivity index (χ1n) is 8.11. The second-order valence-electron chi connectivity index (χ2n) is 5.80. The molecule has 126 valence electrons. The van der Waals surface area contributed by atoms with Crippen LogP contribution in [0.4, 0.5) is 5.69 Å². The maximum absolute atomic E-state index is 5.47. The van der Waals surface area contributed by atoms with Crippen molar-refractivity contribution in [1.82, 2.24) is 5.01 Å². The highest BCUT2D eigenvalue weighted by Gasteiger charge is 2.18. The molecular weight excluding hydrogens is 366 g/mol. The first kappa shape index (κ1) is 16.8. The number of piperazine rings is 1. The number of para-hydroxylation sites is 2. The van der Waals surface area contributed by atoms with Crippen molar-refractivity contribution in [3.8, 4) is 5.75 Å². The number of rotatable bonds is 4. The lowest BCUT2D eigenvalue weighted by Gasteiger charge is -2.35. The Bertz CT molecular complexity index is 707. The summed E-state index contributed by atoms with van der Waals surface area (Å²) < 4.78 is 6.56. The van der Waals surface area contributed by atoms with Gasteiger partial charge in [0.15, 0.2) is 0 Å². The minimum absolute atomic E-state index is 0.909. The summed E-state index contributed by atoms with van der Waals surface area (Å²) in [4.78, 5) is 2.36. The Kier molecular flexibility index (Phi) is 5.41. The summed E-state index contributed by atoms with van der Waals surface area (Å²) in [5, 5.41) is 6.94. The zero-order chi connectivity index (χ0) is 16.9. The van der Waals surface area contributed by atoms with Gasteiger partial charge in [-0.05, 0) is 36.8 Å². The molecule has 1 heterocycles. The average molecular weight is 388 g/mol. The average Bonchev–Trinajstić information content (AvgIpc) is 2.63. The molecule has 0 aromatic heterocycles. The van der Waals surface area contributed by atoms with Crippen molar-refractivity contribution in [3.63, 3.8) is 0 Å². The molecule has 24 heavy (non-hydrogen) atoms. The van der Waals surface area contributed by atoms with E-state index < -0.39 is 0 Å². The van der Waals surface area contributed by atoms with E-state index in [1.54, 1.807) is 7.11 Å². The topological polar surface area (TPSA) is 28.1 Å². The van der Waals surface area contributed by atoms with Crippen LogP contribution in [-0.4, -0.2) is 44.0 Å². The maximum atomic E-state index is 5.47. The number of benzene rings is 2. The molecule has 0 spiro atoms. The van der Waals surface area contributed by atoms with Crippen molar-refractivity contribution >= 4 is 27.3 Å². The summed E-state index contributed by atoms with van der Waals surface area (Å²) in [7, 11) is 1.72. The van der Waals surface area contributed by atoms with E-state index >= 15 is 0 Å². The van der Waals surface area contributed by atoms with Crippen LogP contribution in [0.25, 0.3) is 0 Å². The van der Waals surface area contributed by atoms with Gasteiger partial charge < -0.3 is 9.64 Å². The van der Waals surface area contributed by atoms with E-state index in [-0.39, 0.29) is 0 Å². The van der Waals surface area contributed by atoms with Gasteiger partial charge in [0.25, 0.3) is 0 Å². The van der Waals surface area contributed by atoms with E-state index in [1.165, 1.54) is 0 Å². The largest absolute Gasteiger partial charge is 0.495 e. The van der Waals surface area contributed by atoms with Crippen molar-refractivity contribution in [2.75, 3.05) is 38.2 Å². The number of methoxy groups -OCH3 is 1. The predicted molar refractivity (Wildman–Crippen MR) is 103 cm³/mol. The van der Waals surface area contributed by atoms with Gasteiger partial charge in [-0.2, -0.15) is 5.10 Å². The molecule has 0 radical (unpaired) electrons. The van der Waals surface area contributed by atoms with E-state index in [2.05, 4.69) is 57.0 Å². The molecule has 5 heteroatoms. The van der Waals surface area contributed by atoms with Crippen LogP contribution in [0.3, 0.4) is 0 Å². The maximum Gasteiger partial charge on any atom is 0.142 e. The summed E-state index contributed by atoms with van der Waals surface area (Å²) >= 11 is 3.47. The molecule has 0 saturated carbocycles. The van der Waals surface area contributed by atoms with Crippen LogP contribution in [0, 0.1) is 0 Å². The Morgan fingerprint density at radius 1 is 1.00 bits per heavy atom. The van der Waals surface area contributed by atoms with Gasteiger partial charge in [-0.3, -0.25) is 5.01 Å². The van der Waals surface area contributed by atoms with Crippen LogP contribution in [-0.2, 0) is 0 Å². The van der Waals surface area contributed by atoms with Crippen molar-refractivity contribution in [2.45, 2.75) is 6.92 Å². The molecule has 0 N–H and O–H groups in total. The van der Waals surface area contributed by atoms with Gasteiger partial charge in [-0.25, -0.2) is 0 Å². The quantitative estimate of drug-likeness (QED) is 0.742. The van der Waals surface area contributed by atoms with E-state index in [9.17, 15) is 0 Å². The third-order valence-corrected chi connectivity index (χ3v) is 4.76. The molecule has 4 nitrogen and oxygen atoms in total. The Balaban J connectivity index is 1.64. The van der Waals surface area contributed by atoms with Crippen molar-refractivity contribution in [2.24, 2.45) is 5.10 Å². The molecule has 1 aliphatic rings. The monoisotopic (exact) mass is 387 g/mol. The van der Waals surface area contributed by atoms with Crippen LogP contribution in [0.1, 0.15) is 12.5 Å². The summed E-state index contributed by atoms with van der Waals surface area (Å²) in [6.07, 6.45) is 0. The Morgan fingerprint density at radius 3 is 2.33 bits per heavy atom. The summed E-state index contributed by atoms with van der Waals surface area (Å²) in [6, 6.07) is 16.5. The summed E-state index contributed by atoms with van der Waals surface area (Å²) in [5.41, 5.74) is 3.37. The third-order valence-electron chi connectivity index (χ3n) is 4.24. The van der Waals surface area contributed by atoms with Crippen LogP contribution in [0.15, 0.2) is 58.1 Å². The van der Waals surface area contributed by atoms with Crippen molar-refractivity contribution in [3.05, 3.63) is 58.6 Å². The predicted octanol–water partition coefficient (Wildman–Crippen LogP) is 4.00. The number of halogens is 1. The fourth-order valence-electron chi connectivity index (χ4n) is 2.89. The Labute approximate surface area is 151 Å². The molecule has 2 aromatic rings. The normalized spacial score (nSPS) is 15.5.